The van der Waals surface area contributed by atoms with Gasteiger partial charge in [-0.1, -0.05) is 11.2 Å². The Morgan fingerprint density at radius 1 is 1.54 bits per heavy atom. The zero-order chi connectivity index (χ0) is 25.0. The Bertz CT molecular complexity index is 1140. The van der Waals surface area contributed by atoms with Crippen molar-refractivity contribution in [2.75, 3.05) is 23.8 Å². The van der Waals surface area contributed by atoms with Gasteiger partial charge in [-0.25, -0.2) is 4.98 Å². The molecule has 2 amide bonds. The summed E-state index contributed by atoms with van der Waals surface area (Å²) in [5.74, 6) is -1.51. The number of nitrogens with two attached hydrogens (primary N) is 1. The summed E-state index contributed by atoms with van der Waals surface area (Å²) in [5.41, 5.74) is 4.74. The van der Waals surface area contributed by atoms with Gasteiger partial charge in [-0.15, -0.1) is 34.9 Å². The molecule has 0 radical (unpaired) electrons. The van der Waals surface area contributed by atoms with Gasteiger partial charge < -0.3 is 25.9 Å². The zero-order valence-electron chi connectivity index (χ0n) is 18.3. The summed E-state index contributed by atoms with van der Waals surface area (Å²) in [4.78, 5) is 49.1. The molecular weight excluding hydrogens is 512 g/mol. The van der Waals surface area contributed by atoms with Crippen LogP contribution >= 0.6 is 34.9 Å². The maximum atomic E-state index is 13.1. The van der Waals surface area contributed by atoms with E-state index in [1.54, 1.807) is 5.38 Å². The second kappa shape index (κ2) is 10.7. The van der Waals surface area contributed by atoms with Crippen molar-refractivity contribution in [1.82, 2.24) is 15.2 Å². The highest BCUT2D eigenvalue weighted by molar-refractivity contribution is 8.02. The number of carboxylic acid groups (broad SMARTS) is 1. The lowest BCUT2D eigenvalue weighted by molar-refractivity contribution is -0.157. The van der Waals surface area contributed by atoms with E-state index < -0.39 is 23.3 Å². The standard InChI is InChI=1S/C21H22N6O5S3/c22-6-3-7-33-10-21(19(30)31)9-27-17(29)15(18(27)35-11-21)25-16(28)14(13-8-34-20(23)24-13)26-32-12-4-1-2-5-12/h1,3-4,7-8,12,15,18H,2,5,9-11H2,(H2,23,24)(H,25,28)(H,30,31)/t12?,15?,18-,21?/m1/s1. The number of amides is 2. The van der Waals surface area contributed by atoms with E-state index in [0.717, 1.165) is 24.2 Å². The second-order valence-electron chi connectivity index (χ2n) is 8.11. The normalized spacial score (nSPS) is 27.9. The summed E-state index contributed by atoms with van der Waals surface area (Å²) in [6.07, 6.45) is 6.49. The highest BCUT2D eigenvalue weighted by Gasteiger charge is 2.57. The van der Waals surface area contributed by atoms with E-state index in [1.807, 2.05) is 18.2 Å². The van der Waals surface area contributed by atoms with E-state index >= 15 is 0 Å². The number of allylic oxidation sites excluding steroid dienone is 2. The largest absolute Gasteiger partial charge is 0.481 e. The van der Waals surface area contributed by atoms with Gasteiger partial charge in [0.05, 0.1) is 6.07 Å². The molecule has 3 unspecified atom stereocenters. The van der Waals surface area contributed by atoms with E-state index in [1.165, 1.54) is 39.9 Å². The van der Waals surface area contributed by atoms with Crippen LogP contribution in [0.4, 0.5) is 5.13 Å². The molecule has 2 aliphatic heterocycles. The van der Waals surface area contributed by atoms with Crippen molar-refractivity contribution < 1.29 is 24.3 Å². The fourth-order valence-electron chi connectivity index (χ4n) is 3.82. The molecule has 1 aromatic rings. The SMILES string of the molecule is N#CC=CSCC1(C(=O)O)CS[C@@H]2C(NC(=O)C(=NOC3C=CCC3)c3csc(N)n3)C(=O)N2C1. The number of nitrogens with zero attached hydrogens (tertiary/aromatic N) is 4. The van der Waals surface area contributed by atoms with E-state index in [-0.39, 0.29) is 52.0 Å². The quantitative estimate of drug-likeness (QED) is 0.138. The number of thioether (sulfide) groups is 2. The maximum Gasteiger partial charge on any atom is 0.313 e. The van der Waals surface area contributed by atoms with Gasteiger partial charge in [-0.05, 0) is 24.3 Å². The molecule has 184 valence electrons. The van der Waals surface area contributed by atoms with Crippen LogP contribution in [0.3, 0.4) is 0 Å². The number of oxime groups is 1. The molecule has 2 fully saturated rings. The van der Waals surface area contributed by atoms with Crippen LogP contribution in [-0.4, -0.2) is 74.1 Å². The van der Waals surface area contributed by atoms with Crippen molar-refractivity contribution in [3.05, 3.63) is 34.7 Å². The van der Waals surface area contributed by atoms with Crippen LogP contribution in [0.2, 0.25) is 0 Å². The van der Waals surface area contributed by atoms with Crippen molar-refractivity contribution in [2.45, 2.75) is 30.4 Å². The first-order valence-electron chi connectivity index (χ1n) is 10.6. The number of carbonyl (C=O) groups excluding carboxylic acids is 2. The average molecular weight is 535 g/mol. The molecule has 14 heteroatoms. The molecule has 4 N–H and O–H groups in total. The minimum Gasteiger partial charge on any atom is -0.481 e. The average Bonchev–Trinajstić information content (AvgIpc) is 3.52. The molecule has 0 aromatic carbocycles. The summed E-state index contributed by atoms with van der Waals surface area (Å²) in [7, 11) is 0. The molecule has 11 nitrogen and oxygen atoms in total. The van der Waals surface area contributed by atoms with Gasteiger partial charge in [0.2, 0.25) is 5.91 Å². The molecule has 0 bridgehead atoms. The van der Waals surface area contributed by atoms with E-state index in [4.69, 9.17) is 15.8 Å². The Hall–Kier alpha value is -3.02. The number of nitrogen functional groups attached to an aromatic ring is 1. The van der Waals surface area contributed by atoms with Crippen molar-refractivity contribution in [2.24, 2.45) is 10.6 Å². The summed E-state index contributed by atoms with van der Waals surface area (Å²) < 4.78 is 0. The van der Waals surface area contributed by atoms with Gasteiger partial charge in [0, 0.05) is 29.5 Å². The van der Waals surface area contributed by atoms with Crippen molar-refractivity contribution in [3.8, 4) is 6.07 Å². The number of aromatic nitrogens is 1. The highest BCUT2D eigenvalue weighted by Crippen LogP contribution is 2.43. The fraction of sp³-hybridized carbons (Fsp3) is 0.429. The Labute approximate surface area is 213 Å². The van der Waals surface area contributed by atoms with E-state index in [9.17, 15) is 19.5 Å². The molecule has 2 saturated heterocycles. The summed E-state index contributed by atoms with van der Waals surface area (Å²) in [6, 6.07) is 1.04. The molecule has 4 rings (SSSR count). The molecule has 0 saturated carbocycles. The lowest BCUT2D eigenvalue weighted by atomic mass is 9.89. The maximum absolute atomic E-state index is 13.1. The minimum absolute atomic E-state index is 0.0271. The molecular formula is C21H22N6O5S3. The van der Waals surface area contributed by atoms with Crippen molar-refractivity contribution >= 4 is 63.5 Å². The lowest BCUT2D eigenvalue weighted by Crippen LogP contribution is -2.74. The number of carbonyl (C=O) groups is 3. The fourth-order valence-corrected chi connectivity index (χ4v) is 6.92. The predicted molar refractivity (Wildman–Crippen MR) is 133 cm³/mol. The Kier molecular flexibility index (Phi) is 7.68. The first kappa shape index (κ1) is 25.1. The number of fused-ring (bicyclic) bond motifs is 1. The van der Waals surface area contributed by atoms with Crippen LogP contribution in [0.25, 0.3) is 0 Å². The molecule has 3 heterocycles. The summed E-state index contributed by atoms with van der Waals surface area (Å²) in [6.45, 7) is 0.0271. The minimum atomic E-state index is -1.15. The van der Waals surface area contributed by atoms with Crippen LogP contribution in [0.1, 0.15) is 18.5 Å². The topological polar surface area (TPSA) is 171 Å². The first-order chi connectivity index (χ1) is 16.8. The highest BCUT2D eigenvalue weighted by atomic mass is 32.2. The van der Waals surface area contributed by atoms with Crippen LogP contribution in [0.5, 0.6) is 0 Å². The smallest absolute Gasteiger partial charge is 0.313 e. The number of nitriles is 1. The zero-order valence-corrected chi connectivity index (χ0v) is 20.8. The molecule has 1 aliphatic carbocycles. The summed E-state index contributed by atoms with van der Waals surface area (Å²) >= 11 is 3.67. The number of nitrogens with one attached hydrogen (secondary N) is 1. The van der Waals surface area contributed by atoms with E-state index in [0.29, 0.717) is 0 Å². The number of hydrogen-bond acceptors (Lipinski definition) is 11. The first-order valence-corrected chi connectivity index (χ1v) is 13.6. The van der Waals surface area contributed by atoms with Crippen molar-refractivity contribution in [3.63, 3.8) is 0 Å². The summed E-state index contributed by atoms with van der Waals surface area (Å²) in [5, 5.41) is 28.2. The molecule has 3 aliphatic rings. The van der Waals surface area contributed by atoms with Gasteiger partial charge in [0.1, 0.15) is 28.6 Å². The van der Waals surface area contributed by atoms with Crippen LogP contribution in [-0.2, 0) is 19.2 Å². The Morgan fingerprint density at radius 3 is 3.03 bits per heavy atom. The van der Waals surface area contributed by atoms with Gasteiger partial charge in [0.25, 0.3) is 5.91 Å². The number of carboxylic acids is 1. The van der Waals surface area contributed by atoms with Gasteiger partial charge in [0.15, 0.2) is 10.8 Å². The number of aliphatic carboxylic acids is 1. The van der Waals surface area contributed by atoms with Gasteiger partial charge >= 0.3 is 5.97 Å². The molecule has 35 heavy (non-hydrogen) atoms. The van der Waals surface area contributed by atoms with Gasteiger partial charge in [-0.3, -0.25) is 14.4 Å². The third kappa shape index (κ3) is 5.31. The number of thiazole rings is 1. The molecule has 1 aromatic heterocycles. The molecule has 0 spiro atoms. The van der Waals surface area contributed by atoms with Crippen molar-refractivity contribution in [1.29, 1.82) is 5.26 Å². The second-order valence-corrected chi connectivity index (χ2v) is 11.0. The number of hydrogen-bond donors (Lipinski definition) is 3. The number of rotatable bonds is 9. The van der Waals surface area contributed by atoms with Gasteiger partial charge in [-0.2, -0.15) is 5.26 Å². The van der Waals surface area contributed by atoms with Crippen LogP contribution < -0.4 is 11.1 Å². The Balaban J connectivity index is 1.43. The Morgan fingerprint density at radius 2 is 2.37 bits per heavy atom. The molecule has 4 atom stereocenters. The van der Waals surface area contributed by atoms with Crippen LogP contribution in [0.15, 0.2) is 34.2 Å². The monoisotopic (exact) mass is 534 g/mol. The number of β-lactam (4-membered cyclic amide) rings is 1. The lowest BCUT2D eigenvalue weighted by Gasteiger charge is -2.53. The van der Waals surface area contributed by atoms with E-state index in [2.05, 4.69) is 15.5 Å². The third-order valence-electron chi connectivity index (χ3n) is 5.71. The number of anilines is 1. The van der Waals surface area contributed by atoms with Crippen LogP contribution in [0, 0.1) is 16.7 Å². The third-order valence-corrected chi connectivity index (χ3v) is 9.02. The predicted octanol–water partition coefficient (Wildman–Crippen LogP) is 1.41.